The van der Waals surface area contributed by atoms with E-state index in [0.29, 0.717) is 6.42 Å². The Labute approximate surface area is 110 Å². The van der Waals surface area contributed by atoms with Crippen LogP contribution in [0.5, 0.6) is 0 Å². The van der Waals surface area contributed by atoms with Crippen LogP contribution in [0.2, 0.25) is 0 Å². The van der Waals surface area contributed by atoms with Gasteiger partial charge in [-0.05, 0) is 39.2 Å². The predicted octanol–water partition coefficient (Wildman–Crippen LogP) is 2.69. The normalized spacial score (nSPS) is 14.0. The molecule has 0 heterocycles. The molecule has 0 bridgehead atoms. The summed E-state index contributed by atoms with van der Waals surface area (Å²) < 4.78 is 0. The average Bonchev–Trinajstić information content (AvgIpc) is 2.29. The lowest BCUT2D eigenvalue weighted by atomic mass is 10.1. The minimum absolute atomic E-state index is 0.0633. The lowest BCUT2D eigenvalue weighted by molar-refractivity contribution is -0.121. The molecule has 3 N–H and O–H groups in total. The first-order valence-corrected chi connectivity index (χ1v) is 6.60. The number of nitrogens with one attached hydrogen (secondary N) is 1. The molecule has 3 heteroatoms. The van der Waals surface area contributed by atoms with Gasteiger partial charge in [-0.2, -0.15) is 0 Å². The number of carbonyl (C=O) groups excluding carboxylic acids is 1. The van der Waals surface area contributed by atoms with Crippen LogP contribution in [-0.2, 0) is 4.79 Å². The highest BCUT2D eigenvalue weighted by atomic mass is 16.1. The molecule has 2 atom stereocenters. The van der Waals surface area contributed by atoms with Crippen molar-refractivity contribution in [2.45, 2.75) is 52.1 Å². The molecule has 0 aliphatic rings. The number of carbonyl (C=O) groups is 1. The monoisotopic (exact) mass is 248 g/mol. The summed E-state index contributed by atoms with van der Waals surface area (Å²) >= 11 is 0. The van der Waals surface area contributed by atoms with Gasteiger partial charge in [-0.15, -0.1) is 0 Å². The zero-order chi connectivity index (χ0) is 13.5. The minimum Gasteiger partial charge on any atom is -0.350 e. The van der Waals surface area contributed by atoms with Crippen molar-refractivity contribution in [3.8, 4) is 0 Å². The number of hydrogen-bond donors (Lipinski definition) is 2. The molecule has 1 rings (SSSR count). The van der Waals surface area contributed by atoms with E-state index in [-0.39, 0.29) is 18.0 Å². The van der Waals surface area contributed by atoms with Crippen molar-refractivity contribution in [3.63, 3.8) is 0 Å². The molecule has 0 saturated carbocycles. The van der Waals surface area contributed by atoms with Gasteiger partial charge in [-0.25, -0.2) is 0 Å². The summed E-state index contributed by atoms with van der Waals surface area (Å²) in [5.41, 5.74) is 8.02. The standard InChI is InChI=1S/C15H24N2O/c1-11-7-9-14(10-8-11)13(3)17-15(18)6-4-5-12(2)16/h7-10,12-13H,4-6,16H2,1-3H3,(H,17,18). The Morgan fingerprint density at radius 2 is 1.89 bits per heavy atom. The third-order valence-electron chi connectivity index (χ3n) is 3.02. The highest BCUT2D eigenvalue weighted by molar-refractivity contribution is 5.76. The summed E-state index contributed by atoms with van der Waals surface area (Å²) in [6, 6.07) is 8.48. The SMILES string of the molecule is Cc1ccc(C(C)NC(=O)CCCC(C)N)cc1. The largest absolute Gasteiger partial charge is 0.350 e. The molecule has 1 aromatic carbocycles. The number of amides is 1. The van der Waals surface area contributed by atoms with E-state index in [2.05, 4.69) is 36.5 Å². The third-order valence-corrected chi connectivity index (χ3v) is 3.02. The van der Waals surface area contributed by atoms with Crippen molar-refractivity contribution >= 4 is 5.91 Å². The first-order valence-electron chi connectivity index (χ1n) is 6.60. The van der Waals surface area contributed by atoms with Crippen molar-refractivity contribution in [2.75, 3.05) is 0 Å². The number of benzene rings is 1. The fourth-order valence-corrected chi connectivity index (χ4v) is 1.84. The van der Waals surface area contributed by atoms with Crippen LogP contribution in [0.4, 0.5) is 0 Å². The maximum absolute atomic E-state index is 11.7. The summed E-state index contributed by atoms with van der Waals surface area (Å²) in [6.07, 6.45) is 2.30. The van der Waals surface area contributed by atoms with Crippen LogP contribution in [0.3, 0.4) is 0 Å². The summed E-state index contributed by atoms with van der Waals surface area (Å²) in [5.74, 6) is 0.101. The van der Waals surface area contributed by atoms with Gasteiger partial charge in [0.05, 0.1) is 6.04 Å². The van der Waals surface area contributed by atoms with Gasteiger partial charge in [-0.1, -0.05) is 29.8 Å². The third kappa shape index (κ3) is 5.32. The number of hydrogen-bond acceptors (Lipinski definition) is 2. The van der Waals surface area contributed by atoms with E-state index >= 15 is 0 Å². The Kier molecular flexibility index (Phi) is 5.86. The lowest BCUT2D eigenvalue weighted by Crippen LogP contribution is -2.26. The van der Waals surface area contributed by atoms with Gasteiger partial charge < -0.3 is 11.1 Å². The Bertz CT molecular complexity index is 371. The fourth-order valence-electron chi connectivity index (χ4n) is 1.84. The molecular formula is C15H24N2O. The molecule has 100 valence electrons. The van der Waals surface area contributed by atoms with Crippen LogP contribution < -0.4 is 11.1 Å². The fraction of sp³-hybridized carbons (Fsp3) is 0.533. The highest BCUT2D eigenvalue weighted by Crippen LogP contribution is 2.13. The molecule has 2 unspecified atom stereocenters. The van der Waals surface area contributed by atoms with Gasteiger partial charge in [0.2, 0.25) is 5.91 Å². The smallest absolute Gasteiger partial charge is 0.220 e. The predicted molar refractivity (Wildman–Crippen MR) is 75.2 cm³/mol. The van der Waals surface area contributed by atoms with Crippen molar-refractivity contribution in [1.29, 1.82) is 0 Å². The number of aryl methyl sites for hydroxylation is 1. The molecule has 0 fully saturated rings. The van der Waals surface area contributed by atoms with E-state index in [4.69, 9.17) is 5.73 Å². The van der Waals surface area contributed by atoms with Crippen LogP contribution in [0.15, 0.2) is 24.3 Å². The molecular weight excluding hydrogens is 224 g/mol. The van der Waals surface area contributed by atoms with Crippen LogP contribution in [0.25, 0.3) is 0 Å². The van der Waals surface area contributed by atoms with Crippen LogP contribution in [-0.4, -0.2) is 11.9 Å². The van der Waals surface area contributed by atoms with Gasteiger partial charge in [0.25, 0.3) is 0 Å². The second-order valence-corrected chi connectivity index (χ2v) is 5.07. The molecule has 0 aliphatic heterocycles. The molecule has 0 radical (unpaired) electrons. The quantitative estimate of drug-likeness (QED) is 0.813. The van der Waals surface area contributed by atoms with E-state index in [1.165, 1.54) is 5.56 Å². The topological polar surface area (TPSA) is 55.1 Å². The van der Waals surface area contributed by atoms with Crippen molar-refractivity contribution in [2.24, 2.45) is 5.73 Å². The molecule has 0 saturated heterocycles. The first-order chi connectivity index (χ1) is 8.49. The summed E-state index contributed by atoms with van der Waals surface area (Å²) in [7, 11) is 0. The first kappa shape index (κ1) is 14.7. The van der Waals surface area contributed by atoms with Gasteiger partial charge in [-0.3, -0.25) is 4.79 Å². The van der Waals surface area contributed by atoms with Crippen molar-refractivity contribution < 1.29 is 4.79 Å². The van der Waals surface area contributed by atoms with Gasteiger partial charge in [0.15, 0.2) is 0 Å². The highest BCUT2D eigenvalue weighted by Gasteiger charge is 2.09. The molecule has 1 amide bonds. The second-order valence-electron chi connectivity index (χ2n) is 5.07. The van der Waals surface area contributed by atoms with Gasteiger partial charge in [0.1, 0.15) is 0 Å². The Balaban J connectivity index is 2.37. The van der Waals surface area contributed by atoms with Crippen molar-refractivity contribution in [1.82, 2.24) is 5.32 Å². The van der Waals surface area contributed by atoms with E-state index in [0.717, 1.165) is 18.4 Å². The molecule has 0 aromatic heterocycles. The van der Waals surface area contributed by atoms with Crippen LogP contribution in [0, 0.1) is 6.92 Å². The summed E-state index contributed by atoms with van der Waals surface area (Å²) in [4.78, 5) is 11.7. The van der Waals surface area contributed by atoms with E-state index in [1.807, 2.05) is 13.8 Å². The number of rotatable bonds is 6. The maximum atomic E-state index is 11.7. The molecule has 0 spiro atoms. The summed E-state index contributed by atoms with van der Waals surface area (Å²) in [6.45, 7) is 6.03. The maximum Gasteiger partial charge on any atom is 0.220 e. The number of nitrogens with two attached hydrogens (primary N) is 1. The second kappa shape index (κ2) is 7.17. The average molecular weight is 248 g/mol. The van der Waals surface area contributed by atoms with E-state index < -0.39 is 0 Å². The van der Waals surface area contributed by atoms with Crippen LogP contribution >= 0.6 is 0 Å². The summed E-state index contributed by atoms with van der Waals surface area (Å²) in [5, 5.41) is 3.01. The van der Waals surface area contributed by atoms with E-state index in [1.54, 1.807) is 0 Å². The zero-order valence-electron chi connectivity index (χ0n) is 11.6. The van der Waals surface area contributed by atoms with Crippen molar-refractivity contribution in [3.05, 3.63) is 35.4 Å². The molecule has 3 nitrogen and oxygen atoms in total. The molecule has 0 aliphatic carbocycles. The Morgan fingerprint density at radius 3 is 2.44 bits per heavy atom. The Hall–Kier alpha value is -1.35. The van der Waals surface area contributed by atoms with Gasteiger partial charge in [0, 0.05) is 12.5 Å². The zero-order valence-corrected chi connectivity index (χ0v) is 11.6. The molecule has 1 aromatic rings. The Morgan fingerprint density at radius 1 is 1.28 bits per heavy atom. The molecule has 18 heavy (non-hydrogen) atoms. The van der Waals surface area contributed by atoms with Gasteiger partial charge >= 0.3 is 0 Å². The lowest BCUT2D eigenvalue weighted by Gasteiger charge is -2.14. The van der Waals surface area contributed by atoms with E-state index in [9.17, 15) is 4.79 Å². The minimum atomic E-state index is 0.0633. The van der Waals surface area contributed by atoms with Crippen LogP contribution in [0.1, 0.15) is 50.3 Å².